The molecule has 0 radical (unpaired) electrons. The van der Waals surface area contributed by atoms with Crippen LogP contribution in [0.15, 0.2) is 36.0 Å². The third-order valence-electron chi connectivity index (χ3n) is 2.16. The fourth-order valence-corrected chi connectivity index (χ4v) is 1.38. The Hall–Kier alpha value is -1.86. The van der Waals surface area contributed by atoms with Gasteiger partial charge in [-0.25, -0.2) is 0 Å². The topological polar surface area (TPSA) is 61.8 Å². The van der Waals surface area contributed by atoms with Crippen molar-refractivity contribution < 1.29 is 0 Å². The van der Waals surface area contributed by atoms with Crippen LogP contribution in [0.1, 0.15) is 12.5 Å². The Bertz CT molecular complexity index is 458. The number of benzene rings is 1. The average molecular weight is 231 g/mol. The predicted octanol–water partition coefficient (Wildman–Crippen LogP) is 2.35. The van der Waals surface area contributed by atoms with E-state index in [1.807, 2.05) is 30.3 Å². The fraction of sp³-hybridized carbons (Fsp3) is 0.167. The minimum Gasteiger partial charge on any atom is -0.389 e. The van der Waals surface area contributed by atoms with Crippen LogP contribution < -0.4 is 11.1 Å². The van der Waals surface area contributed by atoms with Gasteiger partial charge in [-0.05, 0) is 18.1 Å². The highest BCUT2D eigenvalue weighted by atomic mass is 32.1. The second kappa shape index (κ2) is 5.89. The van der Waals surface area contributed by atoms with Gasteiger partial charge in [-0.2, -0.15) is 5.26 Å². The Labute approximate surface area is 101 Å². The summed E-state index contributed by atoms with van der Waals surface area (Å²) >= 11 is 4.74. The molecule has 3 nitrogen and oxygen atoms in total. The normalized spacial score (nSPS) is 10.6. The predicted molar refractivity (Wildman–Crippen MR) is 69.9 cm³/mol. The maximum atomic E-state index is 8.78. The summed E-state index contributed by atoms with van der Waals surface area (Å²) in [5.41, 5.74) is 7.81. The van der Waals surface area contributed by atoms with Crippen LogP contribution in [0.3, 0.4) is 0 Å². The van der Waals surface area contributed by atoms with E-state index in [1.165, 1.54) is 11.8 Å². The number of hydrogen-bond donors (Lipinski definition) is 2. The van der Waals surface area contributed by atoms with Gasteiger partial charge in [-0.15, -0.1) is 0 Å². The third kappa shape index (κ3) is 3.07. The van der Waals surface area contributed by atoms with E-state index in [2.05, 4.69) is 12.2 Å². The number of rotatable bonds is 4. The van der Waals surface area contributed by atoms with E-state index in [4.69, 9.17) is 23.2 Å². The zero-order chi connectivity index (χ0) is 12.0. The Balaban J connectivity index is 2.89. The second-order valence-corrected chi connectivity index (χ2v) is 3.63. The summed E-state index contributed by atoms with van der Waals surface area (Å²) in [7, 11) is 0. The summed E-state index contributed by atoms with van der Waals surface area (Å²) < 4.78 is 0. The van der Waals surface area contributed by atoms with Crippen molar-refractivity contribution in [2.75, 3.05) is 5.32 Å². The molecule has 82 valence electrons. The van der Waals surface area contributed by atoms with Crippen molar-refractivity contribution in [3.63, 3.8) is 0 Å². The van der Waals surface area contributed by atoms with Gasteiger partial charge in [-0.3, -0.25) is 0 Å². The Morgan fingerprint density at radius 1 is 1.56 bits per heavy atom. The molecule has 3 N–H and O–H groups in total. The minimum atomic E-state index is 0.101. The van der Waals surface area contributed by atoms with Crippen LogP contribution in [0.25, 0.3) is 0 Å². The molecular weight excluding hydrogens is 218 g/mol. The van der Waals surface area contributed by atoms with Crippen molar-refractivity contribution >= 4 is 22.9 Å². The molecular formula is C12H13N3S. The second-order valence-electron chi connectivity index (χ2n) is 3.19. The molecule has 0 aliphatic carbocycles. The van der Waals surface area contributed by atoms with Crippen LogP contribution in [0.5, 0.6) is 0 Å². The zero-order valence-electron chi connectivity index (χ0n) is 9.03. The van der Waals surface area contributed by atoms with Crippen LogP contribution in [0.4, 0.5) is 5.69 Å². The van der Waals surface area contributed by atoms with Crippen molar-refractivity contribution in [2.24, 2.45) is 5.73 Å². The number of nitrogens with zero attached hydrogens (tertiary/aromatic N) is 1. The lowest BCUT2D eigenvalue weighted by Gasteiger charge is -2.07. The van der Waals surface area contributed by atoms with E-state index in [-0.39, 0.29) is 10.6 Å². The molecule has 0 bridgehead atoms. The van der Waals surface area contributed by atoms with Gasteiger partial charge in [-0.1, -0.05) is 37.3 Å². The van der Waals surface area contributed by atoms with Gasteiger partial charge in [0.15, 0.2) is 0 Å². The molecule has 4 heteroatoms. The minimum absolute atomic E-state index is 0.101. The number of aryl methyl sites for hydroxylation is 1. The maximum Gasteiger partial charge on any atom is 0.116 e. The van der Waals surface area contributed by atoms with Crippen LogP contribution in [-0.2, 0) is 6.42 Å². The monoisotopic (exact) mass is 231 g/mol. The molecule has 0 spiro atoms. The summed E-state index contributed by atoms with van der Waals surface area (Å²) in [6.45, 7) is 2.07. The van der Waals surface area contributed by atoms with Gasteiger partial charge in [0.1, 0.15) is 16.6 Å². The van der Waals surface area contributed by atoms with Crippen LogP contribution in [0, 0.1) is 11.3 Å². The summed E-state index contributed by atoms with van der Waals surface area (Å²) in [4.78, 5) is 0.101. The summed E-state index contributed by atoms with van der Waals surface area (Å²) in [5, 5.41) is 11.8. The molecule has 1 rings (SSSR count). The summed E-state index contributed by atoms with van der Waals surface area (Å²) in [6.07, 6.45) is 2.46. The molecule has 0 aromatic heterocycles. The number of hydrogen-bond acceptors (Lipinski definition) is 3. The van der Waals surface area contributed by atoms with Gasteiger partial charge < -0.3 is 11.1 Å². The highest BCUT2D eigenvalue weighted by molar-refractivity contribution is 7.80. The van der Waals surface area contributed by atoms with Crippen molar-refractivity contribution in [1.82, 2.24) is 0 Å². The van der Waals surface area contributed by atoms with Crippen LogP contribution >= 0.6 is 12.2 Å². The third-order valence-corrected chi connectivity index (χ3v) is 2.38. The molecule has 0 atom stereocenters. The standard InChI is InChI=1S/C12H13N3S/c1-2-9-5-3-4-6-11(9)15-8-10(7-13)12(14)16/h3-6,8,15H,2H2,1H3,(H2,14,16)/b10-8-. The van der Waals surface area contributed by atoms with Gasteiger partial charge in [0.05, 0.1) is 0 Å². The molecule has 1 aromatic carbocycles. The van der Waals surface area contributed by atoms with Gasteiger partial charge in [0.25, 0.3) is 0 Å². The molecule has 0 heterocycles. The van der Waals surface area contributed by atoms with Crippen LogP contribution in [-0.4, -0.2) is 4.99 Å². The SMILES string of the molecule is CCc1ccccc1N/C=C(/C#N)C(N)=S. The fourth-order valence-electron chi connectivity index (χ4n) is 1.28. The highest BCUT2D eigenvalue weighted by Gasteiger charge is 2.00. The van der Waals surface area contributed by atoms with E-state index in [0.717, 1.165) is 12.1 Å². The molecule has 0 fully saturated rings. The Morgan fingerprint density at radius 3 is 2.81 bits per heavy atom. The Morgan fingerprint density at radius 2 is 2.25 bits per heavy atom. The molecule has 0 unspecified atom stereocenters. The smallest absolute Gasteiger partial charge is 0.116 e. The van der Waals surface area contributed by atoms with Crippen molar-refractivity contribution in [3.8, 4) is 6.07 Å². The number of nitrogens with two attached hydrogens (primary N) is 1. The first kappa shape index (κ1) is 12.2. The molecule has 0 saturated heterocycles. The molecule has 0 aliphatic rings. The van der Waals surface area contributed by atoms with E-state index in [1.54, 1.807) is 0 Å². The number of nitriles is 1. The maximum absolute atomic E-state index is 8.78. The Kier molecular flexibility index (Phi) is 4.49. The lowest BCUT2D eigenvalue weighted by Crippen LogP contribution is -2.11. The van der Waals surface area contributed by atoms with Gasteiger partial charge in [0.2, 0.25) is 0 Å². The zero-order valence-corrected chi connectivity index (χ0v) is 9.84. The molecule has 0 amide bonds. The van der Waals surface area contributed by atoms with Crippen molar-refractivity contribution in [2.45, 2.75) is 13.3 Å². The highest BCUT2D eigenvalue weighted by Crippen LogP contribution is 2.15. The van der Waals surface area contributed by atoms with E-state index in [9.17, 15) is 0 Å². The molecule has 0 saturated carbocycles. The van der Waals surface area contributed by atoms with Gasteiger partial charge >= 0.3 is 0 Å². The van der Waals surface area contributed by atoms with E-state index < -0.39 is 0 Å². The molecule has 1 aromatic rings. The number of nitrogens with one attached hydrogen (secondary N) is 1. The number of para-hydroxylation sites is 1. The summed E-state index contributed by atoms with van der Waals surface area (Å²) in [5.74, 6) is 0. The molecule has 0 aliphatic heterocycles. The van der Waals surface area contributed by atoms with E-state index >= 15 is 0 Å². The molecule has 16 heavy (non-hydrogen) atoms. The number of thiocarbonyl (C=S) groups is 1. The number of anilines is 1. The van der Waals surface area contributed by atoms with E-state index in [0.29, 0.717) is 0 Å². The largest absolute Gasteiger partial charge is 0.389 e. The first-order chi connectivity index (χ1) is 7.69. The first-order valence-electron chi connectivity index (χ1n) is 4.93. The van der Waals surface area contributed by atoms with Crippen LogP contribution in [0.2, 0.25) is 0 Å². The summed E-state index contributed by atoms with van der Waals surface area (Å²) in [6, 6.07) is 9.83. The first-order valence-corrected chi connectivity index (χ1v) is 5.34. The lowest BCUT2D eigenvalue weighted by molar-refractivity contribution is 1.14. The quantitative estimate of drug-likeness (QED) is 0.474. The van der Waals surface area contributed by atoms with Gasteiger partial charge in [0, 0.05) is 11.9 Å². The average Bonchev–Trinajstić information content (AvgIpc) is 2.30. The van der Waals surface area contributed by atoms with Crippen molar-refractivity contribution in [1.29, 1.82) is 5.26 Å². The lowest BCUT2D eigenvalue weighted by atomic mass is 10.1. The van der Waals surface area contributed by atoms with Crippen molar-refractivity contribution in [3.05, 3.63) is 41.6 Å².